The van der Waals surface area contributed by atoms with Gasteiger partial charge in [-0.2, -0.15) is 5.26 Å². The fourth-order valence-corrected chi connectivity index (χ4v) is 3.49. The van der Waals surface area contributed by atoms with E-state index in [1.165, 1.54) is 0 Å². The number of imidazole rings is 1. The molecule has 0 radical (unpaired) electrons. The lowest BCUT2D eigenvalue weighted by atomic mass is 10.2. The van der Waals surface area contributed by atoms with Crippen molar-refractivity contribution in [2.45, 2.75) is 6.92 Å². The summed E-state index contributed by atoms with van der Waals surface area (Å²) in [4.78, 5) is 9.00. The minimum absolute atomic E-state index is 0.513. The van der Waals surface area contributed by atoms with Crippen LogP contribution in [0.4, 0.5) is 0 Å². The van der Waals surface area contributed by atoms with Gasteiger partial charge in [0.15, 0.2) is 0 Å². The summed E-state index contributed by atoms with van der Waals surface area (Å²) >= 11 is 0. The standard InChI is InChI=1S/C22H15N5/c1-15-5-4-7-19(25-15)21-11-16-6-2-3-8-20(16)27(21)17-9-10-22-24-13-18(12-23)26(22)14-17/h2-11,13-14H,1H3. The molecule has 0 atom stereocenters. The Hall–Kier alpha value is -3.91. The molecule has 0 amide bonds. The van der Waals surface area contributed by atoms with Crippen LogP contribution in [0.1, 0.15) is 11.4 Å². The van der Waals surface area contributed by atoms with Crippen molar-refractivity contribution in [3.8, 4) is 23.1 Å². The average molecular weight is 349 g/mol. The highest BCUT2D eigenvalue weighted by molar-refractivity contribution is 5.88. The summed E-state index contributed by atoms with van der Waals surface area (Å²) in [5.74, 6) is 0. The molecule has 0 saturated heterocycles. The smallest absolute Gasteiger partial charge is 0.144 e. The molecule has 0 aliphatic rings. The van der Waals surface area contributed by atoms with Crippen LogP contribution in [0.3, 0.4) is 0 Å². The summed E-state index contributed by atoms with van der Waals surface area (Å²) in [6.45, 7) is 1.99. The number of nitriles is 1. The Kier molecular flexibility index (Phi) is 3.31. The first kappa shape index (κ1) is 15.4. The first-order valence-electron chi connectivity index (χ1n) is 8.67. The summed E-state index contributed by atoms with van der Waals surface area (Å²) in [5.41, 5.74) is 6.21. The molecule has 0 saturated carbocycles. The van der Waals surface area contributed by atoms with Gasteiger partial charge in [-0.15, -0.1) is 0 Å². The molecule has 0 spiro atoms. The number of benzene rings is 1. The fourth-order valence-electron chi connectivity index (χ4n) is 3.49. The molecule has 4 aromatic heterocycles. The van der Waals surface area contributed by atoms with Gasteiger partial charge in [-0.25, -0.2) is 4.98 Å². The van der Waals surface area contributed by atoms with Crippen LogP contribution in [0.2, 0.25) is 0 Å². The van der Waals surface area contributed by atoms with Gasteiger partial charge in [0.2, 0.25) is 0 Å². The quantitative estimate of drug-likeness (QED) is 0.471. The molecule has 0 aliphatic heterocycles. The van der Waals surface area contributed by atoms with Crippen molar-refractivity contribution in [2.24, 2.45) is 0 Å². The van der Waals surface area contributed by atoms with Gasteiger partial charge >= 0.3 is 0 Å². The predicted molar refractivity (Wildman–Crippen MR) is 105 cm³/mol. The molecular weight excluding hydrogens is 334 g/mol. The largest absolute Gasteiger partial charge is 0.306 e. The molecule has 0 N–H and O–H groups in total. The van der Waals surface area contributed by atoms with Crippen molar-refractivity contribution in [1.82, 2.24) is 18.9 Å². The lowest BCUT2D eigenvalue weighted by Crippen LogP contribution is -2.01. The first-order valence-corrected chi connectivity index (χ1v) is 8.67. The van der Waals surface area contributed by atoms with E-state index >= 15 is 0 Å². The van der Waals surface area contributed by atoms with E-state index in [4.69, 9.17) is 4.98 Å². The van der Waals surface area contributed by atoms with Gasteiger partial charge in [0.05, 0.1) is 28.8 Å². The first-order chi connectivity index (χ1) is 13.2. The van der Waals surface area contributed by atoms with Gasteiger partial charge < -0.3 is 4.57 Å². The number of nitrogens with zero attached hydrogens (tertiary/aromatic N) is 5. The molecule has 0 aliphatic carbocycles. The van der Waals surface area contributed by atoms with Crippen molar-refractivity contribution in [2.75, 3.05) is 0 Å². The third kappa shape index (κ3) is 2.39. The number of para-hydroxylation sites is 1. The monoisotopic (exact) mass is 349 g/mol. The molecule has 0 fully saturated rings. The SMILES string of the molecule is Cc1cccc(-c2cc3ccccc3n2-c2ccc3ncc(C#N)n3c2)n1. The third-order valence-electron chi connectivity index (χ3n) is 4.72. The van der Waals surface area contributed by atoms with Crippen molar-refractivity contribution in [1.29, 1.82) is 5.26 Å². The second-order valence-corrected chi connectivity index (χ2v) is 6.46. The molecule has 4 heterocycles. The lowest BCUT2D eigenvalue weighted by Gasteiger charge is -2.12. The van der Waals surface area contributed by atoms with Gasteiger partial charge in [0.25, 0.3) is 0 Å². The predicted octanol–water partition coefficient (Wildman–Crippen LogP) is 4.52. The van der Waals surface area contributed by atoms with E-state index in [-0.39, 0.29) is 0 Å². The highest BCUT2D eigenvalue weighted by Crippen LogP contribution is 2.31. The minimum Gasteiger partial charge on any atom is -0.306 e. The van der Waals surface area contributed by atoms with Crippen LogP contribution in [-0.4, -0.2) is 18.9 Å². The Morgan fingerprint density at radius 2 is 1.89 bits per heavy atom. The van der Waals surface area contributed by atoms with Crippen LogP contribution in [0.25, 0.3) is 33.6 Å². The second-order valence-electron chi connectivity index (χ2n) is 6.46. The van der Waals surface area contributed by atoms with E-state index in [1.807, 2.05) is 60.0 Å². The van der Waals surface area contributed by atoms with Crippen LogP contribution in [0.5, 0.6) is 0 Å². The van der Waals surface area contributed by atoms with Crippen LogP contribution in [-0.2, 0) is 0 Å². The molecule has 1 aromatic carbocycles. The van der Waals surface area contributed by atoms with E-state index < -0.39 is 0 Å². The summed E-state index contributed by atoms with van der Waals surface area (Å²) in [5, 5.41) is 10.5. The molecule has 27 heavy (non-hydrogen) atoms. The molecular formula is C22H15N5. The van der Waals surface area contributed by atoms with Gasteiger partial charge in [0, 0.05) is 17.3 Å². The van der Waals surface area contributed by atoms with E-state index in [0.717, 1.165) is 39.3 Å². The summed E-state index contributed by atoms with van der Waals surface area (Å²) in [6, 6.07) is 22.6. The Labute approximate surface area is 155 Å². The van der Waals surface area contributed by atoms with Crippen LogP contribution in [0.15, 0.2) is 73.1 Å². The second kappa shape index (κ2) is 5.82. The lowest BCUT2D eigenvalue weighted by molar-refractivity contribution is 1.05. The summed E-state index contributed by atoms with van der Waals surface area (Å²) in [7, 11) is 0. The number of rotatable bonds is 2. The molecule has 5 aromatic rings. The van der Waals surface area contributed by atoms with Gasteiger partial charge in [0.1, 0.15) is 17.4 Å². The molecule has 5 rings (SSSR count). The average Bonchev–Trinajstić information content (AvgIpc) is 3.28. The number of aryl methyl sites for hydroxylation is 1. The zero-order chi connectivity index (χ0) is 18.4. The Morgan fingerprint density at radius 3 is 2.74 bits per heavy atom. The zero-order valence-corrected chi connectivity index (χ0v) is 14.7. The number of pyridine rings is 2. The van der Waals surface area contributed by atoms with Crippen molar-refractivity contribution >= 4 is 16.6 Å². The highest BCUT2D eigenvalue weighted by atomic mass is 15.1. The van der Waals surface area contributed by atoms with E-state index in [2.05, 4.69) is 33.8 Å². The summed E-state index contributed by atoms with van der Waals surface area (Å²) in [6.07, 6.45) is 3.54. The maximum absolute atomic E-state index is 9.35. The van der Waals surface area contributed by atoms with Gasteiger partial charge in [-0.05, 0) is 43.3 Å². The van der Waals surface area contributed by atoms with E-state index in [1.54, 1.807) is 6.20 Å². The van der Waals surface area contributed by atoms with E-state index in [9.17, 15) is 5.26 Å². The van der Waals surface area contributed by atoms with E-state index in [0.29, 0.717) is 5.69 Å². The maximum atomic E-state index is 9.35. The highest BCUT2D eigenvalue weighted by Gasteiger charge is 2.14. The van der Waals surface area contributed by atoms with Crippen LogP contribution < -0.4 is 0 Å². The molecule has 5 heteroatoms. The number of hydrogen-bond acceptors (Lipinski definition) is 3. The van der Waals surface area contributed by atoms with Crippen molar-refractivity contribution in [3.05, 3.63) is 84.4 Å². The van der Waals surface area contributed by atoms with Gasteiger partial charge in [-0.3, -0.25) is 9.38 Å². The molecule has 0 unspecified atom stereocenters. The fraction of sp³-hybridized carbons (Fsp3) is 0.0455. The topological polar surface area (TPSA) is 58.9 Å². The van der Waals surface area contributed by atoms with Gasteiger partial charge in [-0.1, -0.05) is 24.3 Å². The Bertz CT molecular complexity index is 1350. The molecule has 5 nitrogen and oxygen atoms in total. The number of hydrogen-bond donors (Lipinski definition) is 0. The van der Waals surface area contributed by atoms with Crippen LogP contribution in [0, 0.1) is 18.3 Å². The summed E-state index contributed by atoms with van der Waals surface area (Å²) < 4.78 is 4.00. The van der Waals surface area contributed by atoms with Crippen molar-refractivity contribution < 1.29 is 0 Å². The third-order valence-corrected chi connectivity index (χ3v) is 4.72. The Balaban J connectivity index is 1.84. The van der Waals surface area contributed by atoms with Crippen LogP contribution >= 0.6 is 0 Å². The zero-order valence-electron chi connectivity index (χ0n) is 14.7. The normalized spacial score (nSPS) is 11.1. The maximum Gasteiger partial charge on any atom is 0.144 e. The van der Waals surface area contributed by atoms with Crippen molar-refractivity contribution in [3.63, 3.8) is 0 Å². The Morgan fingerprint density at radius 1 is 1.00 bits per heavy atom. The molecule has 128 valence electrons. The number of aromatic nitrogens is 4. The number of fused-ring (bicyclic) bond motifs is 2. The molecule has 0 bridgehead atoms. The minimum atomic E-state index is 0.513.